The minimum Gasteiger partial charge on any atom is -0.325 e. The average molecular weight is 416 g/mol. The zero-order valence-electron chi connectivity index (χ0n) is 16.6. The van der Waals surface area contributed by atoms with Gasteiger partial charge in [0.25, 0.3) is 0 Å². The van der Waals surface area contributed by atoms with Crippen molar-refractivity contribution < 1.29 is 23.2 Å². The van der Waals surface area contributed by atoms with E-state index >= 15 is 0 Å². The molecule has 0 aliphatic carbocycles. The first-order chi connectivity index (χ1) is 14.2. The second-order valence-corrected chi connectivity index (χ2v) is 7.26. The number of hydrogen-bond acceptors (Lipinski definition) is 4. The van der Waals surface area contributed by atoms with E-state index in [4.69, 9.17) is 0 Å². The molecule has 2 aromatic rings. The number of benzene rings is 2. The third-order valence-electron chi connectivity index (χ3n) is 4.59. The largest absolute Gasteiger partial charge is 0.325 e. The highest BCUT2D eigenvalue weighted by molar-refractivity contribution is 6.05. The molecule has 30 heavy (non-hydrogen) atoms. The van der Waals surface area contributed by atoms with Crippen molar-refractivity contribution >= 4 is 34.8 Å². The van der Waals surface area contributed by atoms with Crippen LogP contribution in [0.1, 0.15) is 13.3 Å². The number of anilines is 3. The predicted molar refractivity (Wildman–Crippen MR) is 109 cm³/mol. The summed E-state index contributed by atoms with van der Waals surface area (Å²) in [5, 5.41) is 5.20. The van der Waals surface area contributed by atoms with Crippen molar-refractivity contribution in [2.24, 2.45) is 0 Å². The van der Waals surface area contributed by atoms with Gasteiger partial charge in [-0.25, -0.2) is 8.78 Å². The molecule has 1 unspecified atom stereocenters. The van der Waals surface area contributed by atoms with Crippen LogP contribution in [0.25, 0.3) is 0 Å². The molecule has 3 amide bonds. The summed E-state index contributed by atoms with van der Waals surface area (Å²) in [4.78, 5) is 40.3. The van der Waals surface area contributed by atoms with Gasteiger partial charge in [-0.15, -0.1) is 0 Å². The summed E-state index contributed by atoms with van der Waals surface area (Å²) in [6, 6.07) is 9.38. The Morgan fingerprint density at radius 2 is 1.83 bits per heavy atom. The van der Waals surface area contributed by atoms with Gasteiger partial charge in [-0.2, -0.15) is 0 Å². The van der Waals surface area contributed by atoms with Crippen molar-refractivity contribution in [3.05, 3.63) is 54.1 Å². The van der Waals surface area contributed by atoms with Crippen molar-refractivity contribution in [3.8, 4) is 0 Å². The van der Waals surface area contributed by atoms with Gasteiger partial charge in [0.05, 0.1) is 24.5 Å². The lowest BCUT2D eigenvalue weighted by molar-refractivity contribution is -0.121. The maximum absolute atomic E-state index is 13.3. The van der Waals surface area contributed by atoms with Gasteiger partial charge >= 0.3 is 0 Å². The quantitative estimate of drug-likeness (QED) is 0.785. The molecule has 1 heterocycles. The number of rotatable bonds is 5. The Morgan fingerprint density at radius 3 is 2.53 bits per heavy atom. The van der Waals surface area contributed by atoms with E-state index in [0.717, 1.165) is 12.1 Å². The highest BCUT2D eigenvalue weighted by Crippen LogP contribution is 2.31. The first-order valence-electron chi connectivity index (χ1n) is 9.38. The Labute approximate surface area is 172 Å². The molecule has 2 aromatic carbocycles. The van der Waals surface area contributed by atoms with E-state index in [0.29, 0.717) is 17.4 Å². The van der Waals surface area contributed by atoms with Crippen LogP contribution in [0.2, 0.25) is 0 Å². The lowest BCUT2D eigenvalue weighted by atomic mass is 10.1. The smallest absolute Gasteiger partial charge is 0.241 e. The zero-order valence-corrected chi connectivity index (χ0v) is 16.6. The number of para-hydroxylation sites is 2. The standard InChI is InChI=1S/C21H22F2N4O3/c1-13-7-19(28)25-17-5-3-4-6-18(17)27(13)21(30)12-26(2)11-20(29)24-16-9-14(22)8-15(23)10-16/h3-6,8-10,13H,7,11-12H2,1-2H3,(H,24,29)(H,25,28). The van der Waals surface area contributed by atoms with E-state index < -0.39 is 17.5 Å². The molecule has 1 aliphatic heterocycles. The van der Waals surface area contributed by atoms with Crippen molar-refractivity contribution in [1.82, 2.24) is 4.90 Å². The van der Waals surface area contributed by atoms with Gasteiger partial charge in [0, 0.05) is 24.2 Å². The first kappa shape index (κ1) is 21.4. The Morgan fingerprint density at radius 1 is 1.17 bits per heavy atom. The molecule has 0 saturated heterocycles. The Kier molecular flexibility index (Phi) is 6.41. The molecule has 0 aromatic heterocycles. The highest BCUT2D eigenvalue weighted by atomic mass is 19.1. The number of amides is 3. The van der Waals surface area contributed by atoms with Crippen LogP contribution in [0.4, 0.5) is 25.8 Å². The molecule has 3 rings (SSSR count). The summed E-state index contributed by atoms with van der Waals surface area (Å²) >= 11 is 0. The van der Waals surface area contributed by atoms with Gasteiger partial charge in [-0.1, -0.05) is 12.1 Å². The van der Waals surface area contributed by atoms with Crippen molar-refractivity contribution in [1.29, 1.82) is 0 Å². The van der Waals surface area contributed by atoms with E-state index in [1.54, 1.807) is 43.1 Å². The third kappa shape index (κ3) is 5.18. The molecule has 1 atom stereocenters. The molecular weight excluding hydrogens is 394 g/mol. The van der Waals surface area contributed by atoms with Crippen molar-refractivity contribution in [2.75, 3.05) is 35.7 Å². The van der Waals surface area contributed by atoms with Gasteiger partial charge in [0.1, 0.15) is 11.6 Å². The van der Waals surface area contributed by atoms with Crippen LogP contribution in [0.5, 0.6) is 0 Å². The number of likely N-dealkylation sites (N-methyl/N-ethyl adjacent to an activating group) is 1. The molecule has 1 aliphatic rings. The minimum absolute atomic E-state index is 0.00289. The topological polar surface area (TPSA) is 81.8 Å². The molecule has 9 heteroatoms. The van der Waals surface area contributed by atoms with Gasteiger partial charge in [0.2, 0.25) is 17.7 Å². The number of carbonyl (C=O) groups excluding carboxylic acids is 3. The fraction of sp³-hybridized carbons (Fsp3) is 0.286. The monoisotopic (exact) mass is 416 g/mol. The van der Waals surface area contributed by atoms with Gasteiger partial charge in [0.15, 0.2) is 0 Å². The fourth-order valence-corrected chi connectivity index (χ4v) is 3.40. The molecule has 2 N–H and O–H groups in total. The number of nitrogens with zero attached hydrogens (tertiary/aromatic N) is 2. The van der Waals surface area contributed by atoms with Crippen LogP contribution >= 0.6 is 0 Å². The van der Waals surface area contributed by atoms with Gasteiger partial charge in [-0.05, 0) is 38.2 Å². The van der Waals surface area contributed by atoms with Crippen molar-refractivity contribution in [2.45, 2.75) is 19.4 Å². The number of halogens is 2. The zero-order chi connectivity index (χ0) is 21.8. The second kappa shape index (κ2) is 9.00. The van der Waals surface area contributed by atoms with E-state index in [2.05, 4.69) is 10.6 Å². The summed E-state index contributed by atoms with van der Waals surface area (Å²) in [5.41, 5.74) is 1.14. The summed E-state index contributed by atoms with van der Waals surface area (Å²) in [7, 11) is 1.58. The molecule has 158 valence electrons. The SMILES string of the molecule is CC1CC(=O)Nc2ccccc2N1C(=O)CN(C)CC(=O)Nc1cc(F)cc(F)c1. The Hall–Kier alpha value is -3.33. The summed E-state index contributed by atoms with van der Waals surface area (Å²) < 4.78 is 26.5. The van der Waals surface area contributed by atoms with Crippen LogP contribution in [-0.2, 0) is 14.4 Å². The normalized spacial score (nSPS) is 16.0. The van der Waals surface area contributed by atoms with Crippen LogP contribution in [0.3, 0.4) is 0 Å². The predicted octanol–water partition coefficient (Wildman–Crippen LogP) is 2.60. The summed E-state index contributed by atoms with van der Waals surface area (Å²) in [6.45, 7) is 1.54. The van der Waals surface area contributed by atoms with E-state index in [9.17, 15) is 23.2 Å². The molecule has 0 bridgehead atoms. The Balaban J connectivity index is 1.66. The Bertz CT molecular complexity index is 962. The van der Waals surface area contributed by atoms with Crippen molar-refractivity contribution in [3.63, 3.8) is 0 Å². The van der Waals surface area contributed by atoms with Crippen LogP contribution in [0, 0.1) is 11.6 Å². The number of nitrogens with one attached hydrogen (secondary N) is 2. The lowest BCUT2D eigenvalue weighted by Crippen LogP contribution is -2.45. The number of carbonyl (C=O) groups is 3. The molecule has 0 radical (unpaired) electrons. The number of fused-ring (bicyclic) bond motifs is 1. The van der Waals surface area contributed by atoms with E-state index in [1.165, 1.54) is 4.90 Å². The average Bonchev–Trinajstić information content (AvgIpc) is 2.74. The van der Waals surface area contributed by atoms with E-state index in [1.807, 2.05) is 0 Å². The highest BCUT2D eigenvalue weighted by Gasteiger charge is 2.30. The molecular formula is C21H22F2N4O3. The minimum atomic E-state index is -0.800. The van der Waals surface area contributed by atoms with E-state index in [-0.39, 0.29) is 43.1 Å². The van der Waals surface area contributed by atoms with Gasteiger partial charge < -0.3 is 15.5 Å². The molecule has 0 saturated carbocycles. The second-order valence-electron chi connectivity index (χ2n) is 7.26. The molecule has 0 spiro atoms. The maximum atomic E-state index is 13.3. The third-order valence-corrected chi connectivity index (χ3v) is 4.59. The van der Waals surface area contributed by atoms with Crippen LogP contribution in [0.15, 0.2) is 42.5 Å². The first-order valence-corrected chi connectivity index (χ1v) is 9.38. The fourth-order valence-electron chi connectivity index (χ4n) is 3.40. The molecule has 0 fully saturated rings. The van der Waals surface area contributed by atoms with Gasteiger partial charge in [-0.3, -0.25) is 19.3 Å². The molecule has 7 nitrogen and oxygen atoms in total. The van der Waals surface area contributed by atoms with Crippen LogP contribution in [-0.4, -0.2) is 48.8 Å². The lowest BCUT2D eigenvalue weighted by Gasteiger charge is -2.29. The van der Waals surface area contributed by atoms with Crippen LogP contribution < -0.4 is 15.5 Å². The number of hydrogen-bond donors (Lipinski definition) is 2. The summed E-state index contributed by atoms with van der Waals surface area (Å²) in [6.07, 6.45) is 0.149. The summed E-state index contributed by atoms with van der Waals surface area (Å²) in [5.74, 6) is -2.58. The maximum Gasteiger partial charge on any atom is 0.241 e.